The normalized spacial score (nSPS) is 11.5. The lowest BCUT2D eigenvalue weighted by Gasteiger charge is -2.08. The number of hydrogen-bond acceptors (Lipinski definition) is 6. The fourth-order valence-corrected chi connectivity index (χ4v) is 3.04. The number of oxime groups is 1. The van der Waals surface area contributed by atoms with Gasteiger partial charge in [0.1, 0.15) is 5.71 Å². The van der Waals surface area contributed by atoms with Gasteiger partial charge >= 0.3 is 0 Å². The van der Waals surface area contributed by atoms with Crippen LogP contribution in [-0.2, 0) is 0 Å². The first-order valence-corrected chi connectivity index (χ1v) is 8.63. The van der Waals surface area contributed by atoms with E-state index in [4.69, 9.17) is 5.21 Å². The van der Waals surface area contributed by atoms with Crippen LogP contribution in [0.25, 0.3) is 28.0 Å². The zero-order valence-corrected chi connectivity index (χ0v) is 15.3. The molecule has 0 aliphatic heterocycles. The van der Waals surface area contributed by atoms with E-state index < -0.39 is 0 Å². The molecule has 0 bridgehead atoms. The van der Waals surface area contributed by atoms with E-state index in [2.05, 4.69) is 26.3 Å². The zero-order chi connectivity index (χ0) is 19.7. The Bertz CT molecular complexity index is 1270. The molecule has 0 aliphatic carbocycles. The summed E-state index contributed by atoms with van der Waals surface area (Å²) in [7, 11) is 0. The Kier molecular flexibility index (Phi) is 4.30. The maximum Gasteiger partial charge on any atom is 0.154 e. The molecule has 0 fully saturated rings. The summed E-state index contributed by atoms with van der Waals surface area (Å²) in [6.45, 7) is 3.59. The van der Waals surface area contributed by atoms with Crippen LogP contribution in [0.15, 0.2) is 59.9 Å². The molecule has 4 rings (SSSR count). The Labute approximate surface area is 161 Å². The number of nitrogens with zero attached hydrogens (tertiary/aromatic N) is 6. The average molecular weight is 368 g/mol. The van der Waals surface area contributed by atoms with E-state index in [1.54, 1.807) is 29.9 Å². The van der Waals surface area contributed by atoms with Crippen LogP contribution in [-0.4, -0.2) is 30.7 Å². The summed E-state index contributed by atoms with van der Waals surface area (Å²) in [6, 6.07) is 17.1. The van der Waals surface area contributed by atoms with Crippen molar-refractivity contribution in [2.75, 3.05) is 0 Å². The molecule has 0 amide bonds. The standard InChI is InChI=1S/C21H16N6O/c1-13-5-3-8-21(24-13)27-20-10-15(9-16(11-22)17(20)12-23-27)19-7-4-6-18(25-19)14(2)26-28/h3-10,12,28H,1-2H3/b26-14+. The number of aryl methyl sites for hydroxylation is 1. The fourth-order valence-electron chi connectivity index (χ4n) is 3.04. The highest BCUT2D eigenvalue weighted by Crippen LogP contribution is 2.28. The van der Waals surface area contributed by atoms with Gasteiger partial charge in [0.15, 0.2) is 5.82 Å². The molecule has 136 valence electrons. The highest BCUT2D eigenvalue weighted by molar-refractivity contribution is 5.97. The van der Waals surface area contributed by atoms with Gasteiger partial charge in [-0.15, -0.1) is 0 Å². The Morgan fingerprint density at radius 1 is 1.14 bits per heavy atom. The Morgan fingerprint density at radius 2 is 1.96 bits per heavy atom. The third kappa shape index (κ3) is 2.97. The number of aromatic nitrogens is 4. The molecule has 3 aromatic heterocycles. The van der Waals surface area contributed by atoms with Crippen LogP contribution < -0.4 is 0 Å². The molecule has 7 nitrogen and oxygen atoms in total. The Morgan fingerprint density at radius 3 is 2.71 bits per heavy atom. The van der Waals surface area contributed by atoms with Crippen molar-refractivity contribution in [2.24, 2.45) is 5.16 Å². The lowest BCUT2D eigenvalue weighted by molar-refractivity contribution is 0.319. The molecule has 7 heteroatoms. The number of hydrogen-bond donors (Lipinski definition) is 1. The van der Waals surface area contributed by atoms with E-state index in [1.165, 1.54) is 0 Å². The number of benzene rings is 1. The number of nitriles is 1. The number of rotatable bonds is 3. The molecule has 3 heterocycles. The van der Waals surface area contributed by atoms with Crippen LogP contribution in [0.3, 0.4) is 0 Å². The molecular formula is C21H16N6O. The monoisotopic (exact) mass is 368 g/mol. The predicted octanol–water partition coefficient (Wildman–Crippen LogP) is 3.86. The minimum Gasteiger partial charge on any atom is -0.411 e. The van der Waals surface area contributed by atoms with Crippen molar-refractivity contribution in [3.8, 4) is 23.1 Å². The molecule has 0 unspecified atom stereocenters. The molecule has 1 aromatic carbocycles. The van der Waals surface area contributed by atoms with Gasteiger partial charge in [0.25, 0.3) is 0 Å². The van der Waals surface area contributed by atoms with E-state index in [0.717, 1.165) is 22.2 Å². The van der Waals surface area contributed by atoms with Gasteiger partial charge in [-0.25, -0.2) is 14.6 Å². The van der Waals surface area contributed by atoms with Gasteiger partial charge in [0, 0.05) is 16.6 Å². The maximum absolute atomic E-state index is 9.64. The molecule has 28 heavy (non-hydrogen) atoms. The molecule has 0 atom stereocenters. The fraction of sp³-hybridized carbons (Fsp3) is 0.0952. The first-order valence-electron chi connectivity index (χ1n) is 8.63. The van der Waals surface area contributed by atoms with Gasteiger partial charge in [-0.05, 0) is 50.2 Å². The second-order valence-electron chi connectivity index (χ2n) is 6.36. The van der Waals surface area contributed by atoms with Gasteiger partial charge in [-0.1, -0.05) is 17.3 Å². The van der Waals surface area contributed by atoms with E-state index in [-0.39, 0.29) is 0 Å². The van der Waals surface area contributed by atoms with Crippen LogP contribution >= 0.6 is 0 Å². The highest BCUT2D eigenvalue weighted by atomic mass is 16.4. The topological polar surface area (TPSA) is 100.0 Å². The van der Waals surface area contributed by atoms with Crippen LogP contribution in [0, 0.1) is 18.3 Å². The summed E-state index contributed by atoms with van der Waals surface area (Å²) in [5, 5.41) is 27.1. The van der Waals surface area contributed by atoms with Gasteiger partial charge in [-0.3, -0.25) is 0 Å². The minimum atomic E-state index is 0.414. The summed E-state index contributed by atoms with van der Waals surface area (Å²) in [5.74, 6) is 0.681. The van der Waals surface area contributed by atoms with Gasteiger partial charge in [-0.2, -0.15) is 10.4 Å². The lowest BCUT2D eigenvalue weighted by Crippen LogP contribution is -2.01. The molecule has 1 N–H and O–H groups in total. The molecule has 0 spiro atoms. The van der Waals surface area contributed by atoms with Crippen molar-refractivity contribution in [3.05, 3.63) is 71.7 Å². The number of pyridine rings is 2. The summed E-state index contributed by atoms with van der Waals surface area (Å²) < 4.78 is 1.72. The quantitative estimate of drug-likeness (QED) is 0.336. The van der Waals surface area contributed by atoms with Gasteiger partial charge in [0.2, 0.25) is 0 Å². The SMILES string of the molecule is C/C(=N\O)c1cccc(-c2cc(C#N)c3cnn(-c4cccc(C)n4)c3c2)n1. The molecule has 0 radical (unpaired) electrons. The molecule has 4 aromatic rings. The first-order chi connectivity index (χ1) is 13.6. The predicted molar refractivity (Wildman–Crippen MR) is 106 cm³/mol. The third-order valence-corrected chi connectivity index (χ3v) is 4.47. The van der Waals surface area contributed by atoms with Crippen molar-refractivity contribution >= 4 is 16.6 Å². The van der Waals surface area contributed by atoms with Gasteiger partial charge < -0.3 is 5.21 Å². The minimum absolute atomic E-state index is 0.414. The third-order valence-electron chi connectivity index (χ3n) is 4.47. The molecular weight excluding hydrogens is 352 g/mol. The molecule has 0 aliphatic rings. The van der Waals surface area contributed by atoms with Crippen molar-refractivity contribution in [3.63, 3.8) is 0 Å². The number of fused-ring (bicyclic) bond motifs is 1. The maximum atomic E-state index is 9.64. The van der Waals surface area contributed by atoms with Crippen LogP contribution in [0.1, 0.15) is 23.9 Å². The van der Waals surface area contributed by atoms with Crippen LogP contribution in [0.5, 0.6) is 0 Å². The van der Waals surface area contributed by atoms with Crippen molar-refractivity contribution in [1.29, 1.82) is 5.26 Å². The summed E-state index contributed by atoms with van der Waals surface area (Å²) >= 11 is 0. The van der Waals surface area contributed by atoms with E-state index in [9.17, 15) is 5.26 Å². The zero-order valence-electron chi connectivity index (χ0n) is 15.3. The van der Waals surface area contributed by atoms with Crippen LogP contribution in [0.4, 0.5) is 0 Å². The first kappa shape index (κ1) is 17.4. The Balaban J connectivity index is 1.94. The molecule has 0 saturated heterocycles. The second kappa shape index (κ2) is 6.93. The summed E-state index contributed by atoms with van der Waals surface area (Å²) in [6.07, 6.45) is 1.67. The summed E-state index contributed by atoms with van der Waals surface area (Å²) in [5.41, 5.74) is 4.57. The van der Waals surface area contributed by atoms with Gasteiger partial charge in [0.05, 0.1) is 34.7 Å². The lowest BCUT2D eigenvalue weighted by atomic mass is 10.0. The Hall–Kier alpha value is -4.05. The van der Waals surface area contributed by atoms with Crippen molar-refractivity contribution in [2.45, 2.75) is 13.8 Å². The van der Waals surface area contributed by atoms with Crippen LogP contribution in [0.2, 0.25) is 0 Å². The molecule has 0 saturated carbocycles. The van der Waals surface area contributed by atoms with Crippen molar-refractivity contribution < 1.29 is 5.21 Å². The largest absolute Gasteiger partial charge is 0.411 e. The highest BCUT2D eigenvalue weighted by Gasteiger charge is 2.14. The van der Waals surface area contributed by atoms with E-state index in [1.807, 2.05) is 43.3 Å². The van der Waals surface area contributed by atoms with Crippen molar-refractivity contribution in [1.82, 2.24) is 19.7 Å². The summed E-state index contributed by atoms with van der Waals surface area (Å²) in [4.78, 5) is 9.08. The second-order valence-corrected chi connectivity index (χ2v) is 6.36. The smallest absolute Gasteiger partial charge is 0.154 e. The average Bonchev–Trinajstić information content (AvgIpc) is 3.16. The van der Waals surface area contributed by atoms with E-state index in [0.29, 0.717) is 28.5 Å². The van der Waals surface area contributed by atoms with E-state index >= 15 is 0 Å².